The molecule has 1 aromatic carbocycles. The molecule has 1 aliphatic carbocycles. The van der Waals surface area contributed by atoms with Crippen LogP contribution in [0.5, 0.6) is 0 Å². The molecular formula is C14H9ClN2O3. The maximum atomic E-state index is 12.3. The fraction of sp³-hybridized carbons (Fsp3) is 0.143. The van der Waals surface area contributed by atoms with Crippen molar-refractivity contribution in [1.82, 2.24) is 5.16 Å². The van der Waals surface area contributed by atoms with Gasteiger partial charge in [-0.05, 0) is 31.2 Å². The number of halogens is 1. The number of aromatic nitrogens is 1. The van der Waals surface area contributed by atoms with Crippen molar-refractivity contribution >= 4 is 34.6 Å². The van der Waals surface area contributed by atoms with Crippen molar-refractivity contribution in [1.29, 1.82) is 0 Å². The number of rotatable bonds is 1. The maximum Gasteiger partial charge on any atom is 0.213 e. The Morgan fingerprint density at radius 2 is 1.95 bits per heavy atom. The fourth-order valence-electron chi connectivity index (χ4n) is 2.05. The van der Waals surface area contributed by atoms with Crippen molar-refractivity contribution in [2.24, 2.45) is 4.99 Å². The predicted octanol–water partition coefficient (Wildman–Crippen LogP) is 3.18. The zero-order chi connectivity index (χ0) is 14.3. The van der Waals surface area contributed by atoms with Gasteiger partial charge in [0.15, 0.2) is 11.5 Å². The summed E-state index contributed by atoms with van der Waals surface area (Å²) in [6.45, 7) is 1.60. The van der Waals surface area contributed by atoms with Gasteiger partial charge in [-0.2, -0.15) is 0 Å². The van der Waals surface area contributed by atoms with E-state index in [-0.39, 0.29) is 35.0 Å². The molecule has 0 spiro atoms. The van der Waals surface area contributed by atoms with E-state index in [0.717, 1.165) is 0 Å². The molecule has 2 aromatic rings. The van der Waals surface area contributed by atoms with Crippen molar-refractivity contribution in [3.63, 3.8) is 0 Å². The molecule has 1 aliphatic rings. The lowest BCUT2D eigenvalue weighted by molar-refractivity contribution is 0.0959. The molecule has 0 saturated heterocycles. The summed E-state index contributed by atoms with van der Waals surface area (Å²) >= 11 is 5.79. The van der Waals surface area contributed by atoms with Gasteiger partial charge >= 0.3 is 0 Å². The van der Waals surface area contributed by atoms with Crippen LogP contribution in [0.2, 0.25) is 5.02 Å². The molecule has 100 valence electrons. The van der Waals surface area contributed by atoms with Gasteiger partial charge in [-0.1, -0.05) is 16.8 Å². The van der Waals surface area contributed by atoms with Crippen LogP contribution in [0.25, 0.3) is 0 Å². The molecule has 5 nitrogen and oxygen atoms in total. The van der Waals surface area contributed by atoms with Gasteiger partial charge in [0.1, 0.15) is 5.76 Å². The van der Waals surface area contributed by atoms with Crippen LogP contribution in [0.15, 0.2) is 33.8 Å². The maximum absolute atomic E-state index is 12.3. The van der Waals surface area contributed by atoms with E-state index in [9.17, 15) is 9.59 Å². The first kappa shape index (κ1) is 12.7. The van der Waals surface area contributed by atoms with Gasteiger partial charge in [-0.25, -0.2) is 4.99 Å². The molecule has 0 aliphatic heterocycles. The lowest BCUT2D eigenvalue weighted by Crippen LogP contribution is -2.27. The number of hydrogen-bond acceptors (Lipinski definition) is 5. The average molecular weight is 289 g/mol. The van der Waals surface area contributed by atoms with E-state index in [0.29, 0.717) is 16.5 Å². The third-order valence-corrected chi connectivity index (χ3v) is 3.29. The van der Waals surface area contributed by atoms with E-state index < -0.39 is 0 Å². The Kier molecular flexibility index (Phi) is 2.99. The molecule has 0 saturated carbocycles. The van der Waals surface area contributed by atoms with Crippen LogP contribution in [0.1, 0.15) is 33.0 Å². The predicted molar refractivity (Wildman–Crippen MR) is 73.1 cm³/mol. The van der Waals surface area contributed by atoms with Gasteiger partial charge in [0, 0.05) is 5.02 Å². The van der Waals surface area contributed by atoms with Crippen molar-refractivity contribution < 1.29 is 14.1 Å². The first-order valence-corrected chi connectivity index (χ1v) is 6.31. The van der Waals surface area contributed by atoms with Crippen LogP contribution >= 0.6 is 11.6 Å². The van der Waals surface area contributed by atoms with Crippen LogP contribution in [0.3, 0.4) is 0 Å². The van der Waals surface area contributed by atoms with Crippen LogP contribution in [0.4, 0.5) is 5.69 Å². The van der Waals surface area contributed by atoms with E-state index in [2.05, 4.69) is 10.1 Å². The summed E-state index contributed by atoms with van der Waals surface area (Å²) in [6.07, 6.45) is -0.0690. The van der Waals surface area contributed by atoms with E-state index in [1.807, 2.05) is 0 Å². The molecule has 0 radical (unpaired) electrons. The molecule has 1 aromatic heterocycles. The summed E-state index contributed by atoms with van der Waals surface area (Å²) in [5, 5.41) is 4.20. The average Bonchev–Trinajstić information content (AvgIpc) is 2.81. The Bertz CT molecular complexity index is 744. The van der Waals surface area contributed by atoms with Crippen LogP contribution in [-0.4, -0.2) is 22.4 Å². The summed E-state index contributed by atoms with van der Waals surface area (Å²) in [7, 11) is 0. The van der Waals surface area contributed by atoms with E-state index in [1.165, 1.54) is 0 Å². The van der Waals surface area contributed by atoms with Crippen molar-refractivity contribution in [3.8, 4) is 0 Å². The third kappa shape index (κ3) is 2.06. The van der Waals surface area contributed by atoms with Crippen molar-refractivity contribution in [2.75, 3.05) is 0 Å². The highest BCUT2D eigenvalue weighted by atomic mass is 35.5. The number of hydrogen-bond donors (Lipinski definition) is 0. The second-order valence-electron chi connectivity index (χ2n) is 4.43. The standard InChI is InChI=1S/C14H9ClN2O3/c1-7-12-13(17-20-7)11(18)6-10(14(12)19)16-9-4-2-8(15)3-5-9/h2-5H,6H2,1H3. The number of benzene rings is 1. The Morgan fingerprint density at radius 1 is 1.25 bits per heavy atom. The number of aliphatic imine (C=N–C) groups is 1. The highest BCUT2D eigenvalue weighted by Gasteiger charge is 2.34. The zero-order valence-corrected chi connectivity index (χ0v) is 11.3. The molecular weight excluding hydrogens is 280 g/mol. The molecule has 0 atom stereocenters. The minimum Gasteiger partial charge on any atom is -0.360 e. The van der Waals surface area contributed by atoms with Crippen LogP contribution in [0, 0.1) is 6.92 Å². The molecule has 1 heterocycles. The summed E-state index contributed by atoms with van der Waals surface area (Å²) in [6, 6.07) is 6.71. The summed E-state index contributed by atoms with van der Waals surface area (Å²) in [5.74, 6) is -0.237. The molecule has 0 N–H and O–H groups in total. The van der Waals surface area contributed by atoms with Gasteiger partial charge in [-0.3, -0.25) is 9.59 Å². The number of fused-ring (bicyclic) bond motifs is 1. The second-order valence-corrected chi connectivity index (χ2v) is 4.86. The molecule has 0 fully saturated rings. The summed E-state index contributed by atoms with van der Waals surface area (Å²) in [5.41, 5.74) is 1.08. The van der Waals surface area contributed by atoms with Gasteiger partial charge in [0.2, 0.25) is 5.78 Å². The quantitative estimate of drug-likeness (QED) is 0.808. The van der Waals surface area contributed by atoms with E-state index in [1.54, 1.807) is 31.2 Å². The normalized spacial score (nSPS) is 16.6. The molecule has 6 heteroatoms. The van der Waals surface area contributed by atoms with E-state index in [4.69, 9.17) is 16.1 Å². The zero-order valence-electron chi connectivity index (χ0n) is 10.5. The Balaban J connectivity index is 2.04. The number of aryl methyl sites for hydroxylation is 1. The first-order valence-electron chi connectivity index (χ1n) is 5.93. The minimum absolute atomic E-state index is 0.0690. The lowest BCUT2D eigenvalue weighted by atomic mass is 9.92. The lowest BCUT2D eigenvalue weighted by Gasteiger charge is -2.10. The first-order chi connectivity index (χ1) is 9.56. The summed E-state index contributed by atoms with van der Waals surface area (Å²) in [4.78, 5) is 28.5. The SMILES string of the molecule is Cc1onc2c1C(=O)C(=Nc1ccc(Cl)cc1)CC2=O. The van der Waals surface area contributed by atoms with Gasteiger partial charge in [-0.15, -0.1) is 0 Å². The largest absolute Gasteiger partial charge is 0.360 e. The van der Waals surface area contributed by atoms with Crippen LogP contribution in [-0.2, 0) is 0 Å². The number of nitrogens with zero attached hydrogens (tertiary/aromatic N) is 2. The number of ketones is 2. The smallest absolute Gasteiger partial charge is 0.213 e. The highest BCUT2D eigenvalue weighted by Crippen LogP contribution is 2.25. The molecule has 0 amide bonds. The fourth-order valence-corrected chi connectivity index (χ4v) is 2.18. The Morgan fingerprint density at radius 3 is 2.65 bits per heavy atom. The molecule has 0 bridgehead atoms. The van der Waals surface area contributed by atoms with Crippen molar-refractivity contribution in [3.05, 3.63) is 46.3 Å². The van der Waals surface area contributed by atoms with Gasteiger partial charge in [0.05, 0.1) is 23.4 Å². The van der Waals surface area contributed by atoms with Crippen LogP contribution < -0.4 is 0 Å². The number of carbonyl (C=O) groups is 2. The Hall–Kier alpha value is -2.27. The minimum atomic E-state index is -0.312. The Labute approximate surface area is 119 Å². The second kappa shape index (κ2) is 4.68. The highest BCUT2D eigenvalue weighted by molar-refractivity contribution is 6.53. The summed E-state index contributed by atoms with van der Waals surface area (Å²) < 4.78 is 4.91. The van der Waals surface area contributed by atoms with E-state index >= 15 is 0 Å². The number of Topliss-reactive ketones (excluding diaryl/α,β-unsaturated/α-hetero) is 2. The van der Waals surface area contributed by atoms with Gasteiger partial charge in [0.25, 0.3) is 0 Å². The third-order valence-electron chi connectivity index (χ3n) is 3.03. The molecule has 3 rings (SSSR count). The van der Waals surface area contributed by atoms with Crippen molar-refractivity contribution in [2.45, 2.75) is 13.3 Å². The topological polar surface area (TPSA) is 72.5 Å². The van der Waals surface area contributed by atoms with Gasteiger partial charge < -0.3 is 4.52 Å². The monoisotopic (exact) mass is 288 g/mol. The number of carbonyl (C=O) groups excluding carboxylic acids is 2. The molecule has 20 heavy (non-hydrogen) atoms. The molecule has 0 unspecified atom stereocenters.